The summed E-state index contributed by atoms with van der Waals surface area (Å²) in [6.07, 6.45) is 4.79. The minimum Gasteiger partial charge on any atom is -0.848 e. The Labute approximate surface area is 96.0 Å². The van der Waals surface area contributed by atoms with E-state index in [0.717, 1.165) is 45.1 Å². The van der Waals surface area contributed by atoms with Gasteiger partial charge in [0.2, 0.25) is 0 Å². The van der Waals surface area contributed by atoms with Gasteiger partial charge in [0.05, 0.1) is 12.6 Å². The van der Waals surface area contributed by atoms with Crippen LogP contribution in [0.2, 0.25) is 0 Å². The summed E-state index contributed by atoms with van der Waals surface area (Å²) < 4.78 is 0. The molecule has 94 valence electrons. The number of nitrogens with two attached hydrogens (primary N) is 1. The molecule has 1 saturated carbocycles. The predicted molar refractivity (Wildman–Crippen MR) is 55.5 cm³/mol. The Kier molecular flexibility index (Phi) is 4.16. The third-order valence-corrected chi connectivity index (χ3v) is 4.23. The lowest BCUT2D eigenvalue weighted by atomic mass is 9.78. The summed E-state index contributed by atoms with van der Waals surface area (Å²) in [7, 11) is 0. The maximum Gasteiger partial charge on any atom is 0.117 e. The fraction of sp³-hybridized carbons (Fsp3) is 1.00. The maximum absolute atomic E-state index is 11.8. The molecule has 0 aromatic heterocycles. The average Bonchev–Trinajstić information content (AvgIpc) is 2.30. The van der Waals surface area contributed by atoms with Gasteiger partial charge < -0.3 is 15.6 Å². The molecule has 0 aromatic rings. The summed E-state index contributed by atoms with van der Waals surface area (Å²) >= 11 is 0. The number of hydroxylamine groups is 2. The van der Waals surface area contributed by atoms with E-state index < -0.39 is 11.3 Å². The Balaban J connectivity index is 1.83. The van der Waals surface area contributed by atoms with Crippen LogP contribution in [0.15, 0.2) is 0 Å². The van der Waals surface area contributed by atoms with Gasteiger partial charge in [0.25, 0.3) is 0 Å². The third kappa shape index (κ3) is 2.73. The van der Waals surface area contributed by atoms with Crippen molar-refractivity contribution in [1.29, 1.82) is 0 Å². The first-order valence-electron chi connectivity index (χ1n) is 6.40. The molecule has 0 aromatic carbocycles. The van der Waals surface area contributed by atoms with E-state index in [1.807, 2.05) is 0 Å². The standard InChI is InChI=1S/C11H21N2O3/c14-10-2-1-7-12-11(10)8-3-5-9(6-4-8)13(15)16/h8-13,15H,1-7H2/q-1/p+1. The van der Waals surface area contributed by atoms with Crippen molar-refractivity contribution in [3.8, 4) is 0 Å². The quantitative estimate of drug-likeness (QED) is 0.469. The fourth-order valence-electron chi connectivity index (χ4n) is 3.22. The van der Waals surface area contributed by atoms with Gasteiger partial charge in [0.1, 0.15) is 6.04 Å². The highest BCUT2D eigenvalue weighted by molar-refractivity contribution is 4.81. The average molecular weight is 230 g/mol. The summed E-state index contributed by atoms with van der Waals surface area (Å²) in [6.45, 7) is 1.07. The number of piperidine rings is 1. The molecule has 5 nitrogen and oxygen atoms in total. The van der Waals surface area contributed by atoms with Crippen molar-refractivity contribution in [1.82, 2.24) is 0 Å². The van der Waals surface area contributed by atoms with Crippen LogP contribution in [0.1, 0.15) is 38.5 Å². The van der Waals surface area contributed by atoms with Crippen LogP contribution in [0.5, 0.6) is 0 Å². The van der Waals surface area contributed by atoms with Crippen LogP contribution in [0.25, 0.3) is 0 Å². The molecule has 3 atom stereocenters. The van der Waals surface area contributed by atoms with Crippen molar-refractivity contribution in [2.75, 3.05) is 6.54 Å². The van der Waals surface area contributed by atoms with E-state index in [2.05, 4.69) is 5.32 Å². The Morgan fingerprint density at radius 2 is 1.81 bits per heavy atom. The highest BCUT2D eigenvalue weighted by Crippen LogP contribution is 2.26. The van der Waals surface area contributed by atoms with Crippen LogP contribution in [0.3, 0.4) is 0 Å². The SMILES string of the molecule is [O-]C1CCC[NH2+]C1C1CCC([NH+]([O-])O)CC1. The summed E-state index contributed by atoms with van der Waals surface area (Å²) in [5.41, 5.74) is 0. The second-order valence-electron chi connectivity index (χ2n) is 5.23. The van der Waals surface area contributed by atoms with E-state index >= 15 is 0 Å². The van der Waals surface area contributed by atoms with Crippen molar-refractivity contribution in [2.24, 2.45) is 5.92 Å². The zero-order valence-electron chi connectivity index (χ0n) is 9.60. The van der Waals surface area contributed by atoms with Crippen LogP contribution >= 0.6 is 0 Å². The molecule has 1 aliphatic heterocycles. The van der Waals surface area contributed by atoms with E-state index in [9.17, 15) is 10.3 Å². The zero-order chi connectivity index (χ0) is 11.5. The Bertz CT molecular complexity index is 217. The molecule has 1 aliphatic carbocycles. The van der Waals surface area contributed by atoms with E-state index in [1.54, 1.807) is 0 Å². The van der Waals surface area contributed by atoms with Gasteiger partial charge in [0, 0.05) is 18.8 Å². The van der Waals surface area contributed by atoms with E-state index in [0.29, 0.717) is 5.92 Å². The number of hydrogen-bond donors (Lipinski definition) is 3. The van der Waals surface area contributed by atoms with E-state index in [4.69, 9.17) is 5.21 Å². The smallest absolute Gasteiger partial charge is 0.117 e. The number of nitrogens with one attached hydrogen (secondary N) is 1. The molecular formula is C11H22N2O3. The van der Waals surface area contributed by atoms with Crippen molar-refractivity contribution >= 4 is 0 Å². The Morgan fingerprint density at radius 1 is 1.12 bits per heavy atom. The van der Waals surface area contributed by atoms with Gasteiger partial charge in [-0.3, -0.25) is 0 Å². The first-order chi connectivity index (χ1) is 7.68. The van der Waals surface area contributed by atoms with Crippen LogP contribution in [0, 0.1) is 11.1 Å². The third-order valence-electron chi connectivity index (χ3n) is 4.23. The molecule has 0 radical (unpaired) electrons. The maximum atomic E-state index is 11.8. The lowest BCUT2D eigenvalue weighted by molar-refractivity contribution is -1.07. The van der Waals surface area contributed by atoms with Gasteiger partial charge in [0.15, 0.2) is 0 Å². The lowest BCUT2D eigenvalue weighted by Crippen LogP contribution is -3.09. The van der Waals surface area contributed by atoms with E-state index in [1.165, 1.54) is 0 Å². The first-order valence-corrected chi connectivity index (χ1v) is 6.40. The normalized spacial score (nSPS) is 42.9. The molecule has 0 bridgehead atoms. The van der Waals surface area contributed by atoms with Crippen molar-refractivity contribution in [2.45, 2.75) is 56.7 Å². The number of quaternary nitrogens is 2. The molecule has 0 amide bonds. The predicted octanol–water partition coefficient (Wildman–Crippen LogP) is -2.23. The highest BCUT2D eigenvalue weighted by Gasteiger charge is 2.34. The van der Waals surface area contributed by atoms with Gasteiger partial charge in [-0.05, 0) is 19.3 Å². The van der Waals surface area contributed by atoms with Crippen LogP contribution < -0.4 is 15.6 Å². The largest absolute Gasteiger partial charge is 0.848 e. The Hall–Kier alpha value is -0.200. The monoisotopic (exact) mass is 230 g/mol. The number of hydrogen-bond acceptors (Lipinski definition) is 3. The molecular weight excluding hydrogens is 208 g/mol. The molecule has 0 spiro atoms. The molecule has 2 rings (SSSR count). The zero-order valence-corrected chi connectivity index (χ0v) is 9.60. The molecule has 2 aliphatic rings. The first kappa shape index (κ1) is 12.3. The topological polar surface area (TPSA) is 87.4 Å². The second-order valence-corrected chi connectivity index (χ2v) is 5.23. The van der Waals surface area contributed by atoms with Gasteiger partial charge in [-0.1, -0.05) is 12.5 Å². The van der Waals surface area contributed by atoms with Gasteiger partial charge in [-0.2, -0.15) is 0 Å². The molecule has 1 saturated heterocycles. The van der Waals surface area contributed by atoms with Crippen LogP contribution in [-0.4, -0.2) is 29.9 Å². The van der Waals surface area contributed by atoms with Crippen molar-refractivity contribution in [3.05, 3.63) is 5.21 Å². The summed E-state index contributed by atoms with van der Waals surface area (Å²) in [5, 5.41) is 33.1. The minimum atomic E-state index is -0.662. The lowest BCUT2D eigenvalue weighted by Gasteiger charge is -2.41. The van der Waals surface area contributed by atoms with Gasteiger partial charge >= 0.3 is 0 Å². The molecule has 3 unspecified atom stereocenters. The summed E-state index contributed by atoms with van der Waals surface area (Å²) in [6, 6.07) is 0.0495. The molecule has 2 fully saturated rings. The van der Waals surface area contributed by atoms with Crippen LogP contribution in [0.4, 0.5) is 0 Å². The highest BCUT2D eigenvalue weighted by atomic mass is 16.8. The van der Waals surface area contributed by atoms with Crippen molar-refractivity contribution in [3.63, 3.8) is 0 Å². The van der Waals surface area contributed by atoms with Crippen LogP contribution in [-0.2, 0) is 0 Å². The molecule has 1 heterocycles. The van der Waals surface area contributed by atoms with Gasteiger partial charge in [-0.15, -0.1) is 0 Å². The summed E-state index contributed by atoms with van der Waals surface area (Å²) in [4.78, 5) is 0. The van der Waals surface area contributed by atoms with Crippen molar-refractivity contribution < 1.29 is 20.9 Å². The molecule has 5 heteroatoms. The minimum absolute atomic E-state index is 0.162. The summed E-state index contributed by atoms with van der Waals surface area (Å²) in [5.74, 6) is 0.457. The molecule has 4 N–H and O–H groups in total. The van der Waals surface area contributed by atoms with E-state index in [-0.39, 0.29) is 12.1 Å². The fourth-order valence-corrected chi connectivity index (χ4v) is 3.22. The number of rotatable bonds is 2. The van der Waals surface area contributed by atoms with Gasteiger partial charge in [-0.25, -0.2) is 10.4 Å². The second kappa shape index (κ2) is 5.42. The Morgan fingerprint density at radius 3 is 2.38 bits per heavy atom. The molecule has 16 heavy (non-hydrogen) atoms.